The molecule has 0 unspecified atom stereocenters. The van der Waals surface area contributed by atoms with Crippen molar-refractivity contribution in [1.29, 1.82) is 5.26 Å². The van der Waals surface area contributed by atoms with Gasteiger partial charge in [0.2, 0.25) is 0 Å². The Morgan fingerprint density at radius 2 is 0.441 bits per heavy atom. The summed E-state index contributed by atoms with van der Waals surface area (Å²) in [6.07, 6.45) is 0. The van der Waals surface area contributed by atoms with E-state index in [1.54, 1.807) is 6.07 Å². The van der Waals surface area contributed by atoms with E-state index in [4.69, 9.17) is 64.0 Å². The van der Waals surface area contributed by atoms with Crippen LogP contribution in [0.15, 0.2) is 0 Å². The normalized spacial score (nSPS) is 10.6. The first-order valence-electron chi connectivity index (χ1n) is 5.23. The SMILES string of the molecule is CC#N.Cl.[O]=[Sb]([OH])([OH])[F].[O]=[Sb]([OH])([OH])[F].[O]=[Sb]([OH])([OH])[F].[O]=[Sb]([OH])([OH])[F].[O]=[Sb]([OH])([OH])[F].[O]=[Sb]([OH])([OH])[F]. The van der Waals surface area contributed by atoms with Crippen molar-refractivity contribution in [2.45, 2.75) is 6.92 Å². The van der Waals surface area contributed by atoms with Crippen LogP contribution in [0.4, 0.5) is 16.9 Å². The second kappa shape index (κ2) is 27.2. The van der Waals surface area contributed by atoms with Gasteiger partial charge in [0.25, 0.3) is 0 Å². The molecule has 0 heterocycles. The first-order valence-corrected chi connectivity index (χ1v) is 31.0. The number of hydrogen-bond acceptors (Lipinski definition) is 7. The number of hydrogen-bond donors (Lipinski definition) is 12. The van der Waals surface area contributed by atoms with Gasteiger partial charge in [-0.3, -0.25) is 0 Å². The molecule has 216 valence electrons. The van der Waals surface area contributed by atoms with Gasteiger partial charge in [-0.25, -0.2) is 0 Å². The molecule has 0 atom stereocenters. The molecule has 0 rings (SSSR count). The molecular weight excluding hydrogens is 1210 g/mol. The van der Waals surface area contributed by atoms with E-state index >= 15 is 0 Å². The third-order valence-electron chi connectivity index (χ3n) is 0. The molecule has 0 radical (unpaired) electrons. The molecule has 0 spiro atoms. The number of nitrogens with zero attached hydrogens (tertiary/aromatic N) is 1. The second-order valence-electron chi connectivity index (χ2n) is 3.06. The van der Waals surface area contributed by atoms with Crippen LogP contribution in [-0.2, 0) is 18.1 Å². The van der Waals surface area contributed by atoms with Gasteiger partial charge in [0.15, 0.2) is 0 Å². The Kier molecular flexibility index (Phi) is 45.3. The van der Waals surface area contributed by atoms with Crippen LogP contribution in [0.1, 0.15) is 6.92 Å². The van der Waals surface area contributed by atoms with Crippen molar-refractivity contribution in [1.82, 2.24) is 0 Å². The summed E-state index contributed by atoms with van der Waals surface area (Å²) in [7, 11) is 0. The summed E-state index contributed by atoms with van der Waals surface area (Å²) >= 11 is -35.1. The van der Waals surface area contributed by atoms with E-state index < -0.39 is 121 Å². The molecule has 12 N–H and O–H groups in total. The molecule has 0 saturated heterocycles. The summed E-state index contributed by atoms with van der Waals surface area (Å²) in [6, 6.07) is 1.75. The molecule has 0 amide bonds. The van der Waals surface area contributed by atoms with Crippen molar-refractivity contribution in [2.24, 2.45) is 0 Å². The van der Waals surface area contributed by atoms with E-state index in [0.29, 0.717) is 0 Å². The molecule has 0 aromatic rings. The van der Waals surface area contributed by atoms with Crippen LogP contribution in [0, 0.1) is 11.3 Å². The van der Waals surface area contributed by atoms with Gasteiger partial charge in [0.05, 0.1) is 6.07 Å². The Morgan fingerprint density at radius 1 is 0.441 bits per heavy atom. The van der Waals surface area contributed by atoms with Crippen molar-refractivity contribution in [3.05, 3.63) is 0 Å². The van der Waals surface area contributed by atoms with Gasteiger partial charge in [-0.15, -0.1) is 12.4 Å². The topological polar surface area (TPSA) is 369 Å². The van der Waals surface area contributed by atoms with E-state index in [2.05, 4.69) is 0 Å². The van der Waals surface area contributed by atoms with Gasteiger partial charge in [-0.1, -0.05) is 0 Å². The monoisotopic (exact) mass is 1220 g/mol. The Morgan fingerprint density at radius 3 is 0.441 bits per heavy atom. The van der Waals surface area contributed by atoms with Crippen LogP contribution in [0.5, 0.6) is 0 Å². The van der Waals surface area contributed by atoms with Crippen LogP contribution in [0.2, 0.25) is 0 Å². The Hall–Kier alpha value is 2.59. The predicted molar refractivity (Wildman–Crippen MR) is 90.5 cm³/mol. The molecule has 0 aliphatic carbocycles. The average Bonchev–Trinajstić information content (AvgIpc) is 2.11. The van der Waals surface area contributed by atoms with E-state index in [9.17, 15) is 16.9 Å². The number of rotatable bonds is 0. The minimum atomic E-state index is -5.85. The minimum absolute atomic E-state index is 0. The Labute approximate surface area is 224 Å². The maximum absolute atomic E-state index is 10.4. The summed E-state index contributed by atoms with van der Waals surface area (Å²) in [5, 5.41) is 7.32. The van der Waals surface area contributed by atoms with Gasteiger partial charge in [-0.2, -0.15) is 5.26 Å². The first kappa shape index (κ1) is 56.7. The Bertz CT molecular complexity index is 577. The molecule has 32 heteroatoms. The van der Waals surface area contributed by atoms with E-state index in [-0.39, 0.29) is 12.4 Å². The third kappa shape index (κ3) is 5820. The van der Waals surface area contributed by atoms with Gasteiger partial charge >= 0.3 is 197 Å². The van der Waals surface area contributed by atoms with Crippen molar-refractivity contribution >= 4 is 134 Å². The zero-order valence-corrected chi connectivity index (χ0v) is 31.3. The van der Waals surface area contributed by atoms with Crippen molar-refractivity contribution < 1.29 is 75.6 Å². The molecule has 0 aromatic carbocycles. The molecular formula is C2H16ClF6NO18Sb6. The average molecular weight is 1220 g/mol. The second-order valence-corrected chi connectivity index (χ2v) is 19.3. The summed E-state index contributed by atoms with van der Waals surface area (Å²) < 4.78 is 200. The quantitative estimate of drug-likeness (QED) is 0.0793. The van der Waals surface area contributed by atoms with Crippen LogP contribution >= 0.6 is 12.4 Å². The van der Waals surface area contributed by atoms with Crippen LogP contribution in [0.3, 0.4) is 0 Å². The number of nitriles is 1. The van der Waals surface area contributed by atoms with Crippen molar-refractivity contribution in [2.75, 3.05) is 0 Å². The predicted octanol–water partition coefficient (Wildman–Crippen LogP) is -6.21. The fourth-order valence-corrected chi connectivity index (χ4v) is 0. The van der Waals surface area contributed by atoms with Crippen molar-refractivity contribution in [3.8, 4) is 6.07 Å². The molecule has 0 fully saturated rings. The summed E-state index contributed by atoms with van der Waals surface area (Å²) in [5.41, 5.74) is 0. The van der Waals surface area contributed by atoms with Gasteiger partial charge in [-0.05, 0) is 0 Å². The van der Waals surface area contributed by atoms with E-state index in [1.807, 2.05) is 0 Å². The molecule has 19 nitrogen and oxygen atoms in total. The van der Waals surface area contributed by atoms with Crippen LogP contribution in [0.25, 0.3) is 0 Å². The fraction of sp³-hybridized carbons (Fsp3) is 0.500. The molecule has 0 saturated carbocycles. The van der Waals surface area contributed by atoms with Gasteiger partial charge in [0.1, 0.15) is 0 Å². The van der Waals surface area contributed by atoms with Crippen LogP contribution in [-0.4, -0.2) is 162 Å². The molecule has 0 aliphatic rings. The standard InChI is InChI=1S/C2H3N.ClH.6FH.12H2O.6O.6Sb/c1-2-3;;;;;;;;;;;;;;;;;;;;;;;;;;;;;;;/h1H3;7*1H;12*1H2;;;;;;;;;;;;/q;;;;;;;;;;;;;;;;;;;;;;;;;;6*+3/p-18. The van der Waals surface area contributed by atoms with E-state index in [0.717, 1.165) is 0 Å². The molecule has 0 aliphatic heterocycles. The summed E-state index contributed by atoms with van der Waals surface area (Å²) in [4.78, 5) is 0. The van der Waals surface area contributed by atoms with Crippen LogP contribution < -0.4 is 0 Å². The van der Waals surface area contributed by atoms with E-state index in [1.165, 1.54) is 6.92 Å². The first-order chi connectivity index (χ1) is 13.4. The maximum atomic E-state index is 10.4. The van der Waals surface area contributed by atoms with Gasteiger partial charge in [0, 0.05) is 6.92 Å². The zero-order chi connectivity index (χ0) is 29.7. The van der Waals surface area contributed by atoms with Gasteiger partial charge < -0.3 is 0 Å². The number of halogens is 7. The fourth-order valence-electron chi connectivity index (χ4n) is 0. The third-order valence-corrected chi connectivity index (χ3v) is 0. The Balaban J connectivity index is -0.0000000387. The summed E-state index contributed by atoms with van der Waals surface area (Å²) in [5.74, 6) is 0. The molecule has 0 aromatic heterocycles. The van der Waals surface area contributed by atoms with Crippen molar-refractivity contribution in [3.63, 3.8) is 0 Å². The molecule has 0 bridgehead atoms. The molecule has 34 heavy (non-hydrogen) atoms. The zero-order valence-electron chi connectivity index (χ0n) is 15.1. The summed E-state index contributed by atoms with van der Waals surface area (Å²) in [6.45, 7) is 1.43.